The number of amides is 2. The largest absolute Gasteiger partial charge is 0.493 e. The van der Waals surface area contributed by atoms with Crippen LogP contribution in [0, 0.1) is 6.92 Å². The average molecular weight is 580 g/mol. The number of methoxy groups -OCH3 is 3. The molecule has 0 atom stereocenters. The Morgan fingerprint density at radius 2 is 1.63 bits per heavy atom. The predicted molar refractivity (Wildman–Crippen MR) is 152 cm³/mol. The second-order valence-electron chi connectivity index (χ2n) is 8.62. The second kappa shape index (κ2) is 14.4. The number of benzene rings is 2. The van der Waals surface area contributed by atoms with Gasteiger partial charge in [0.25, 0.3) is 5.91 Å². The normalized spacial score (nSPS) is 10.8. The molecule has 0 aliphatic rings. The number of rotatable bonds is 13. The molecule has 2 amide bonds. The van der Waals surface area contributed by atoms with E-state index in [-0.39, 0.29) is 36.5 Å². The van der Waals surface area contributed by atoms with Crippen LogP contribution in [-0.2, 0) is 22.5 Å². The molecule has 0 radical (unpaired) electrons. The third-order valence-corrected chi connectivity index (χ3v) is 7.68. The van der Waals surface area contributed by atoms with Crippen LogP contribution >= 0.6 is 34.5 Å². The lowest BCUT2D eigenvalue weighted by atomic mass is 10.1. The fourth-order valence-corrected chi connectivity index (χ4v) is 5.08. The van der Waals surface area contributed by atoms with E-state index in [2.05, 4.69) is 0 Å². The molecular weight excluding hydrogens is 547 g/mol. The van der Waals surface area contributed by atoms with E-state index >= 15 is 0 Å². The van der Waals surface area contributed by atoms with Gasteiger partial charge in [0.15, 0.2) is 11.5 Å². The van der Waals surface area contributed by atoms with Gasteiger partial charge in [-0.15, -0.1) is 11.3 Å². The minimum Gasteiger partial charge on any atom is -0.493 e. The Morgan fingerprint density at radius 3 is 2.26 bits per heavy atom. The first-order chi connectivity index (χ1) is 18.2. The van der Waals surface area contributed by atoms with Crippen molar-refractivity contribution in [2.45, 2.75) is 19.9 Å². The summed E-state index contributed by atoms with van der Waals surface area (Å²) in [4.78, 5) is 32.5. The number of nitrogens with zero attached hydrogens (tertiary/aromatic N) is 2. The van der Waals surface area contributed by atoms with E-state index in [0.717, 1.165) is 10.4 Å². The van der Waals surface area contributed by atoms with Crippen molar-refractivity contribution in [3.8, 4) is 11.5 Å². The lowest BCUT2D eigenvalue weighted by Crippen LogP contribution is -2.44. The number of hydrogen-bond acceptors (Lipinski definition) is 6. The number of carbonyl (C=O) groups is 2. The minimum atomic E-state index is -0.319. The highest BCUT2D eigenvalue weighted by Crippen LogP contribution is 2.28. The van der Waals surface area contributed by atoms with Crippen molar-refractivity contribution in [1.82, 2.24) is 9.80 Å². The van der Waals surface area contributed by atoms with Crippen molar-refractivity contribution in [2.75, 3.05) is 47.6 Å². The standard InChI is InChI=1S/C28H32Cl2N2O5S/c1-19-5-8-22(38-19)17-31(12-11-20-6-10-25(36-3)26(15-20)37-4)27(33)18-32(13-14-35-2)28(34)21-7-9-23(29)24(30)16-21/h5-10,15-16H,11-14,17-18H2,1-4H3. The molecule has 0 aliphatic heterocycles. The van der Waals surface area contributed by atoms with E-state index in [4.69, 9.17) is 37.4 Å². The maximum Gasteiger partial charge on any atom is 0.254 e. The number of hydrogen-bond donors (Lipinski definition) is 0. The Bertz CT molecular complexity index is 1250. The maximum absolute atomic E-state index is 13.6. The number of carbonyl (C=O) groups excluding carboxylic acids is 2. The topological polar surface area (TPSA) is 68.3 Å². The summed E-state index contributed by atoms with van der Waals surface area (Å²) >= 11 is 13.8. The van der Waals surface area contributed by atoms with E-state index in [0.29, 0.717) is 41.6 Å². The summed E-state index contributed by atoms with van der Waals surface area (Å²) in [7, 11) is 4.74. The molecule has 2 aromatic carbocycles. The van der Waals surface area contributed by atoms with Crippen molar-refractivity contribution < 1.29 is 23.8 Å². The Labute approximate surface area is 237 Å². The molecule has 38 heavy (non-hydrogen) atoms. The molecule has 7 nitrogen and oxygen atoms in total. The van der Waals surface area contributed by atoms with Gasteiger partial charge in [0.1, 0.15) is 6.54 Å². The van der Waals surface area contributed by atoms with Gasteiger partial charge in [-0.05, 0) is 61.4 Å². The SMILES string of the molecule is COCCN(CC(=O)N(CCc1ccc(OC)c(OC)c1)Cc1ccc(C)s1)C(=O)c1ccc(Cl)c(Cl)c1. The van der Waals surface area contributed by atoms with Gasteiger partial charge >= 0.3 is 0 Å². The molecule has 1 heterocycles. The van der Waals surface area contributed by atoms with Crippen molar-refractivity contribution in [3.05, 3.63) is 79.5 Å². The Hall–Kier alpha value is -2.78. The van der Waals surface area contributed by atoms with Crippen LogP contribution in [0.25, 0.3) is 0 Å². The van der Waals surface area contributed by atoms with Crippen LogP contribution in [0.2, 0.25) is 10.0 Å². The lowest BCUT2D eigenvalue weighted by Gasteiger charge is -2.28. The van der Waals surface area contributed by atoms with Crippen LogP contribution < -0.4 is 9.47 Å². The number of ether oxygens (including phenoxy) is 3. The van der Waals surface area contributed by atoms with Crippen LogP contribution in [0.1, 0.15) is 25.7 Å². The Kier molecular flexibility index (Phi) is 11.3. The Balaban J connectivity index is 1.80. The molecule has 0 fully saturated rings. The highest BCUT2D eigenvalue weighted by molar-refractivity contribution is 7.11. The van der Waals surface area contributed by atoms with Gasteiger partial charge in [0, 0.05) is 35.5 Å². The first kappa shape index (κ1) is 29.8. The molecule has 0 bridgehead atoms. The van der Waals surface area contributed by atoms with Crippen LogP contribution in [-0.4, -0.2) is 69.2 Å². The van der Waals surface area contributed by atoms with Crippen LogP contribution in [0.5, 0.6) is 11.5 Å². The van der Waals surface area contributed by atoms with Crippen molar-refractivity contribution in [2.24, 2.45) is 0 Å². The first-order valence-corrected chi connectivity index (χ1v) is 13.6. The van der Waals surface area contributed by atoms with Gasteiger partial charge in [0.2, 0.25) is 5.91 Å². The van der Waals surface area contributed by atoms with Crippen molar-refractivity contribution in [1.29, 1.82) is 0 Å². The predicted octanol–water partition coefficient (Wildman–Crippen LogP) is 5.74. The lowest BCUT2D eigenvalue weighted by molar-refractivity contribution is -0.132. The molecule has 3 aromatic rings. The van der Waals surface area contributed by atoms with E-state index in [1.807, 2.05) is 37.3 Å². The van der Waals surface area contributed by atoms with E-state index < -0.39 is 0 Å². The zero-order chi connectivity index (χ0) is 27.7. The van der Waals surface area contributed by atoms with Gasteiger partial charge in [0.05, 0.1) is 37.4 Å². The summed E-state index contributed by atoms with van der Waals surface area (Å²) in [5.41, 5.74) is 1.36. The summed E-state index contributed by atoms with van der Waals surface area (Å²) in [6, 6.07) is 14.5. The van der Waals surface area contributed by atoms with Crippen molar-refractivity contribution >= 4 is 46.4 Å². The fourth-order valence-electron chi connectivity index (χ4n) is 3.88. The zero-order valence-corrected chi connectivity index (χ0v) is 24.3. The summed E-state index contributed by atoms with van der Waals surface area (Å²) in [6.45, 7) is 3.39. The molecule has 10 heteroatoms. The molecule has 1 aromatic heterocycles. The van der Waals surface area contributed by atoms with Gasteiger partial charge in [-0.1, -0.05) is 29.3 Å². The number of aryl methyl sites for hydroxylation is 1. The monoisotopic (exact) mass is 578 g/mol. The maximum atomic E-state index is 13.6. The summed E-state index contributed by atoms with van der Waals surface area (Å²) in [6.07, 6.45) is 0.606. The highest BCUT2D eigenvalue weighted by atomic mass is 35.5. The molecule has 0 aliphatic carbocycles. The van der Waals surface area contributed by atoms with Gasteiger partial charge in [-0.3, -0.25) is 9.59 Å². The molecular formula is C28H32Cl2N2O5S. The van der Waals surface area contributed by atoms with Crippen LogP contribution in [0.4, 0.5) is 0 Å². The molecule has 0 saturated heterocycles. The zero-order valence-electron chi connectivity index (χ0n) is 22.0. The molecule has 0 unspecified atom stereocenters. The summed E-state index contributed by atoms with van der Waals surface area (Å²) in [5, 5.41) is 0.635. The van der Waals surface area contributed by atoms with Gasteiger partial charge in [-0.2, -0.15) is 0 Å². The number of thiophene rings is 1. The fraction of sp³-hybridized carbons (Fsp3) is 0.357. The van der Waals surface area contributed by atoms with Crippen LogP contribution in [0.15, 0.2) is 48.5 Å². The molecule has 0 N–H and O–H groups in total. The summed E-state index contributed by atoms with van der Waals surface area (Å²) < 4.78 is 16.0. The molecule has 3 rings (SSSR count). The molecule has 0 spiro atoms. The van der Waals surface area contributed by atoms with Crippen molar-refractivity contribution in [3.63, 3.8) is 0 Å². The Morgan fingerprint density at radius 1 is 0.868 bits per heavy atom. The molecule has 0 saturated carbocycles. The van der Waals surface area contributed by atoms with Crippen LogP contribution in [0.3, 0.4) is 0 Å². The van der Waals surface area contributed by atoms with Gasteiger partial charge in [-0.25, -0.2) is 0 Å². The number of halogens is 2. The second-order valence-corrected chi connectivity index (χ2v) is 10.8. The van der Waals surface area contributed by atoms with E-state index in [1.165, 1.54) is 15.8 Å². The smallest absolute Gasteiger partial charge is 0.254 e. The summed E-state index contributed by atoms with van der Waals surface area (Å²) in [5.74, 6) is 0.796. The first-order valence-electron chi connectivity index (χ1n) is 12.0. The quantitative estimate of drug-likeness (QED) is 0.258. The minimum absolute atomic E-state index is 0.0985. The highest BCUT2D eigenvalue weighted by Gasteiger charge is 2.23. The third-order valence-electron chi connectivity index (χ3n) is 5.96. The van der Waals surface area contributed by atoms with Gasteiger partial charge < -0.3 is 24.0 Å². The third kappa shape index (κ3) is 8.11. The van der Waals surface area contributed by atoms with E-state index in [9.17, 15) is 9.59 Å². The van der Waals surface area contributed by atoms with E-state index in [1.54, 1.807) is 49.7 Å². The average Bonchev–Trinajstić information content (AvgIpc) is 3.33. The molecule has 204 valence electrons.